The zero-order chi connectivity index (χ0) is 15.4. The number of rotatable bonds is 5. The zero-order valence-corrected chi connectivity index (χ0v) is 13.8. The Morgan fingerprint density at radius 2 is 1.81 bits per heavy atom. The van der Waals surface area contributed by atoms with Gasteiger partial charge in [0.15, 0.2) is 0 Å². The van der Waals surface area contributed by atoms with Crippen LogP contribution in [0.25, 0.3) is 0 Å². The SMILES string of the molecule is CC(C)c1ccc(CC(NN)c2cccc(Br)c2F)cc1. The van der Waals surface area contributed by atoms with Gasteiger partial charge in [-0.25, -0.2) is 4.39 Å². The van der Waals surface area contributed by atoms with Crippen molar-refractivity contribution < 1.29 is 4.39 Å². The molecule has 0 aliphatic heterocycles. The fraction of sp³-hybridized carbons (Fsp3) is 0.294. The van der Waals surface area contributed by atoms with Crippen molar-refractivity contribution in [2.75, 3.05) is 0 Å². The molecule has 0 radical (unpaired) electrons. The van der Waals surface area contributed by atoms with Crippen molar-refractivity contribution in [3.05, 3.63) is 69.4 Å². The first-order valence-electron chi connectivity index (χ1n) is 7.01. The highest BCUT2D eigenvalue weighted by molar-refractivity contribution is 9.10. The Kier molecular flexibility index (Phi) is 5.51. The number of nitrogens with two attached hydrogens (primary N) is 1. The van der Waals surface area contributed by atoms with Crippen molar-refractivity contribution in [2.45, 2.75) is 32.2 Å². The third-order valence-electron chi connectivity index (χ3n) is 3.64. The van der Waals surface area contributed by atoms with Crippen molar-refractivity contribution in [3.63, 3.8) is 0 Å². The molecule has 0 aromatic heterocycles. The molecule has 0 heterocycles. The molecule has 0 bridgehead atoms. The molecule has 2 rings (SSSR count). The average Bonchev–Trinajstić information content (AvgIpc) is 2.48. The Balaban J connectivity index is 2.21. The maximum Gasteiger partial charge on any atom is 0.142 e. The van der Waals surface area contributed by atoms with Crippen LogP contribution in [-0.4, -0.2) is 0 Å². The van der Waals surface area contributed by atoms with Crippen molar-refractivity contribution in [2.24, 2.45) is 5.84 Å². The Bertz CT molecular complexity index is 596. The first kappa shape index (κ1) is 16.1. The minimum absolute atomic E-state index is 0.257. The van der Waals surface area contributed by atoms with Crippen LogP contribution in [0.3, 0.4) is 0 Å². The first-order valence-corrected chi connectivity index (χ1v) is 7.81. The predicted molar refractivity (Wildman–Crippen MR) is 88.4 cm³/mol. The second-order valence-corrected chi connectivity index (χ2v) is 6.32. The van der Waals surface area contributed by atoms with Crippen molar-refractivity contribution in [1.29, 1.82) is 0 Å². The monoisotopic (exact) mass is 350 g/mol. The predicted octanol–water partition coefficient (Wildman–Crippen LogP) is 4.46. The third kappa shape index (κ3) is 3.90. The normalized spacial score (nSPS) is 12.7. The minimum Gasteiger partial charge on any atom is -0.271 e. The largest absolute Gasteiger partial charge is 0.271 e. The van der Waals surface area contributed by atoms with Gasteiger partial charge in [-0.3, -0.25) is 11.3 Å². The standard InChI is InChI=1S/C17H20BrFN2/c1-11(2)13-8-6-12(7-9-13)10-16(21-20)14-4-3-5-15(18)17(14)19/h3-9,11,16,21H,10,20H2,1-2H3. The molecular weight excluding hydrogens is 331 g/mol. The van der Waals surface area contributed by atoms with Gasteiger partial charge < -0.3 is 0 Å². The number of halogens is 2. The molecule has 0 saturated heterocycles. The lowest BCUT2D eigenvalue weighted by Crippen LogP contribution is -2.30. The summed E-state index contributed by atoms with van der Waals surface area (Å²) in [7, 11) is 0. The summed E-state index contributed by atoms with van der Waals surface area (Å²) in [5, 5.41) is 0. The Morgan fingerprint density at radius 3 is 2.38 bits per heavy atom. The number of benzene rings is 2. The second kappa shape index (κ2) is 7.16. The van der Waals surface area contributed by atoms with E-state index in [0.717, 1.165) is 5.56 Å². The molecule has 1 unspecified atom stereocenters. The Labute approximate surface area is 133 Å². The van der Waals surface area contributed by atoms with Gasteiger partial charge in [0.25, 0.3) is 0 Å². The fourth-order valence-electron chi connectivity index (χ4n) is 2.32. The van der Waals surface area contributed by atoms with Gasteiger partial charge in [-0.05, 0) is 45.5 Å². The summed E-state index contributed by atoms with van der Waals surface area (Å²) >= 11 is 3.21. The van der Waals surface area contributed by atoms with Crippen LogP contribution >= 0.6 is 15.9 Å². The molecule has 0 fully saturated rings. The number of hydrogen-bond donors (Lipinski definition) is 2. The lowest BCUT2D eigenvalue weighted by atomic mass is 9.96. The molecule has 0 amide bonds. The summed E-state index contributed by atoms with van der Waals surface area (Å²) in [4.78, 5) is 0. The van der Waals surface area contributed by atoms with Gasteiger partial charge in [-0.1, -0.05) is 50.2 Å². The summed E-state index contributed by atoms with van der Waals surface area (Å²) in [5.41, 5.74) is 5.70. The molecule has 0 aliphatic carbocycles. The van der Waals surface area contributed by atoms with Crippen LogP contribution in [-0.2, 0) is 6.42 Å². The van der Waals surface area contributed by atoms with Gasteiger partial charge in [0, 0.05) is 5.56 Å². The Morgan fingerprint density at radius 1 is 1.14 bits per heavy atom. The smallest absolute Gasteiger partial charge is 0.142 e. The van der Waals surface area contributed by atoms with Crippen LogP contribution in [0.5, 0.6) is 0 Å². The van der Waals surface area contributed by atoms with E-state index in [1.54, 1.807) is 12.1 Å². The molecule has 21 heavy (non-hydrogen) atoms. The summed E-state index contributed by atoms with van der Waals surface area (Å²) in [6.45, 7) is 4.33. The van der Waals surface area contributed by atoms with Crippen LogP contribution in [0.1, 0.15) is 42.5 Å². The molecule has 0 saturated carbocycles. The molecular formula is C17H20BrFN2. The molecule has 3 N–H and O–H groups in total. The lowest BCUT2D eigenvalue weighted by Gasteiger charge is -2.18. The van der Waals surface area contributed by atoms with Crippen LogP contribution < -0.4 is 11.3 Å². The highest BCUT2D eigenvalue weighted by atomic mass is 79.9. The molecule has 2 aromatic carbocycles. The van der Waals surface area contributed by atoms with Crippen LogP contribution in [0.2, 0.25) is 0 Å². The van der Waals surface area contributed by atoms with Crippen molar-refractivity contribution >= 4 is 15.9 Å². The summed E-state index contributed by atoms with van der Waals surface area (Å²) in [6.07, 6.45) is 0.641. The maximum atomic E-state index is 14.2. The topological polar surface area (TPSA) is 38.0 Å². The number of hydrogen-bond acceptors (Lipinski definition) is 2. The van der Waals surface area contributed by atoms with E-state index in [4.69, 9.17) is 5.84 Å². The van der Waals surface area contributed by atoms with E-state index in [1.807, 2.05) is 6.07 Å². The molecule has 4 heteroatoms. The van der Waals surface area contributed by atoms with E-state index in [2.05, 4.69) is 59.5 Å². The van der Waals surface area contributed by atoms with Crippen LogP contribution in [0.15, 0.2) is 46.9 Å². The van der Waals surface area contributed by atoms with Crippen molar-refractivity contribution in [1.82, 2.24) is 5.43 Å². The van der Waals surface area contributed by atoms with E-state index in [0.29, 0.717) is 22.4 Å². The van der Waals surface area contributed by atoms with Gasteiger partial charge in [-0.15, -0.1) is 0 Å². The van der Waals surface area contributed by atoms with Crippen LogP contribution in [0, 0.1) is 5.82 Å². The minimum atomic E-state index is -0.265. The van der Waals surface area contributed by atoms with Gasteiger partial charge >= 0.3 is 0 Å². The van der Waals surface area contributed by atoms with E-state index in [9.17, 15) is 4.39 Å². The van der Waals surface area contributed by atoms with E-state index >= 15 is 0 Å². The Hall–Kier alpha value is -1.23. The van der Waals surface area contributed by atoms with E-state index < -0.39 is 0 Å². The van der Waals surface area contributed by atoms with Gasteiger partial charge in [-0.2, -0.15) is 0 Å². The molecule has 1 atom stereocenters. The summed E-state index contributed by atoms with van der Waals surface area (Å²) in [5.74, 6) is 5.86. The second-order valence-electron chi connectivity index (χ2n) is 5.46. The van der Waals surface area contributed by atoms with E-state index in [1.165, 1.54) is 5.56 Å². The summed E-state index contributed by atoms with van der Waals surface area (Å²) < 4.78 is 14.6. The fourth-order valence-corrected chi connectivity index (χ4v) is 2.70. The highest BCUT2D eigenvalue weighted by Gasteiger charge is 2.16. The van der Waals surface area contributed by atoms with Gasteiger partial charge in [0.05, 0.1) is 10.5 Å². The van der Waals surface area contributed by atoms with E-state index in [-0.39, 0.29) is 11.9 Å². The first-order chi connectivity index (χ1) is 10.0. The maximum absolute atomic E-state index is 14.2. The molecule has 0 aliphatic rings. The number of hydrazine groups is 1. The average molecular weight is 351 g/mol. The highest BCUT2D eigenvalue weighted by Crippen LogP contribution is 2.26. The molecule has 2 nitrogen and oxygen atoms in total. The van der Waals surface area contributed by atoms with Gasteiger partial charge in [0.2, 0.25) is 0 Å². The van der Waals surface area contributed by atoms with Gasteiger partial charge in [0.1, 0.15) is 5.82 Å². The molecule has 0 spiro atoms. The molecule has 2 aromatic rings. The van der Waals surface area contributed by atoms with Crippen LogP contribution in [0.4, 0.5) is 4.39 Å². The van der Waals surface area contributed by atoms with Crippen molar-refractivity contribution in [3.8, 4) is 0 Å². The number of nitrogens with one attached hydrogen (secondary N) is 1. The third-order valence-corrected chi connectivity index (χ3v) is 4.26. The zero-order valence-electron chi connectivity index (χ0n) is 12.2. The molecule has 112 valence electrons. The quantitative estimate of drug-likeness (QED) is 0.617. The lowest BCUT2D eigenvalue weighted by molar-refractivity contribution is 0.508. The summed E-state index contributed by atoms with van der Waals surface area (Å²) in [6, 6.07) is 13.4.